The zero-order chi connectivity index (χ0) is 13.2. The van der Waals surface area contributed by atoms with Crippen molar-refractivity contribution >= 4 is 12.4 Å². The molecule has 2 atom stereocenters. The van der Waals surface area contributed by atoms with Gasteiger partial charge in [0.2, 0.25) is 0 Å². The lowest BCUT2D eigenvalue weighted by atomic mass is 9.82. The number of methoxy groups -OCH3 is 1. The van der Waals surface area contributed by atoms with Crippen molar-refractivity contribution in [1.82, 2.24) is 0 Å². The average molecular weight is 278 g/mol. The highest BCUT2D eigenvalue weighted by Crippen LogP contribution is 2.30. The van der Waals surface area contributed by atoms with Gasteiger partial charge in [-0.05, 0) is 11.5 Å². The van der Waals surface area contributed by atoms with Crippen molar-refractivity contribution in [1.29, 1.82) is 0 Å². The largest absolute Gasteiger partial charge is 0.497 e. The Hall–Kier alpha value is -0.840. The first-order chi connectivity index (χ1) is 7.77. The third-order valence-corrected chi connectivity index (χ3v) is 2.79. The van der Waals surface area contributed by atoms with Gasteiger partial charge in [0.05, 0.1) is 19.3 Å². The summed E-state index contributed by atoms with van der Waals surface area (Å²) in [6.45, 7) is 5.58. The minimum Gasteiger partial charge on any atom is -0.497 e. The van der Waals surface area contributed by atoms with Gasteiger partial charge in [0.25, 0.3) is 0 Å². The van der Waals surface area contributed by atoms with Crippen molar-refractivity contribution in [2.24, 2.45) is 11.1 Å². The number of hydrogen-bond acceptors (Lipinski definition) is 3. The normalized spacial score (nSPS) is 14.6. The molecule has 0 bridgehead atoms. The van der Waals surface area contributed by atoms with Gasteiger partial charge in [-0.25, -0.2) is 4.39 Å². The molecule has 0 saturated heterocycles. The van der Waals surface area contributed by atoms with Crippen molar-refractivity contribution in [2.45, 2.75) is 32.9 Å². The second-order valence-corrected chi connectivity index (χ2v) is 5.22. The quantitative estimate of drug-likeness (QED) is 0.893. The Kier molecular flexibility index (Phi) is 6.07. The van der Waals surface area contributed by atoms with E-state index >= 15 is 0 Å². The van der Waals surface area contributed by atoms with Crippen molar-refractivity contribution in [2.75, 3.05) is 7.11 Å². The maximum atomic E-state index is 13.8. The highest BCUT2D eigenvalue weighted by atomic mass is 35.5. The Labute approximate surface area is 114 Å². The van der Waals surface area contributed by atoms with Crippen LogP contribution in [0.15, 0.2) is 18.2 Å². The minimum atomic E-state index is -0.814. The lowest BCUT2D eigenvalue weighted by Crippen LogP contribution is -2.37. The molecule has 104 valence electrons. The van der Waals surface area contributed by atoms with Crippen LogP contribution in [0.2, 0.25) is 0 Å². The van der Waals surface area contributed by atoms with Gasteiger partial charge in [0.15, 0.2) is 0 Å². The van der Waals surface area contributed by atoms with Gasteiger partial charge in [-0.1, -0.05) is 26.8 Å². The fraction of sp³-hybridized carbons (Fsp3) is 0.538. The zero-order valence-corrected chi connectivity index (χ0v) is 11.9. The number of aliphatic hydroxyl groups excluding tert-OH is 1. The van der Waals surface area contributed by atoms with E-state index < -0.39 is 23.4 Å². The van der Waals surface area contributed by atoms with E-state index in [-0.39, 0.29) is 12.4 Å². The molecule has 3 N–H and O–H groups in total. The molecule has 1 aromatic rings. The molecule has 0 radical (unpaired) electrons. The molecule has 1 aromatic carbocycles. The summed E-state index contributed by atoms with van der Waals surface area (Å²) in [6, 6.07) is 3.70. The standard InChI is InChI=1S/C13H20FNO2.ClH/c1-13(2,3)12(16)11(15)9-6-5-8(17-4)7-10(9)14;/h5-7,11-12,16H,15H2,1-4H3;1H/t11-,12-;/m0./s1. The fourth-order valence-corrected chi connectivity index (χ4v) is 1.61. The van der Waals surface area contributed by atoms with E-state index in [4.69, 9.17) is 10.5 Å². The van der Waals surface area contributed by atoms with Crippen LogP contribution >= 0.6 is 12.4 Å². The van der Waals surface area contributed by atoms with E-state index in [9.17, 15) is 9.50 Å². The molecular formula is C13H21ClFNO2. The molecule has 18 heavy (non-hydrogen) atoms. The lowest BCUT2D eigenvalue weighted by molar-refractivity contribution is 0.0391. The average Bonchev–Trinajstić information content (AvgIpc) is 2.25. The molecule has 0 heterocycles. The molecule has 1 rings (SSSR count). The monoisotopic (exact) mass is 277 g/mol. The van der Waals surface area contributed by atoms with E-state index in [1.165, 1.54) is 13.2 Å². The van der Waals surface area contributed by atoms with E-state index in [1.807, 2.05) is 20.8 Å². The molecule has 0 amide bonds. The highest BCUT2D eigenvalue weighted by Gasteiger charge is 2.30. The van der Waals surface area contributed by atoms with Crippen LogP contribution < -0.4 is 10.5 Å². The molecule has 3 nitrogen and oxygen atoms in total. The lowest BCUT2D eigenvalue weighted by Gasteiger charge is -2.31. The van der Waals surface area contributed by atoms with Gasteiger partial charge in [-0.15, -0.1) is 12.4 Å². The predicted octanol–water partition coefficient (Wildman–Crippen LogP) is 2.66. The molecule has 0 aliphatic heterocycles. The first kappa shape index (κ1) is 17.2. The number of ether oxygens (including phenoxy) is 1. The van der Waals surface area contributed by atoms with Crippen molar-refractivity contribution in [3.63, 3.8) is 0 Å². The van der Waals surface area contributed by atoms with Crippen LogP contribution in [0.3, 0.4) is 0 Å². The molecule has 0 aliphatic rings. The van der Waals surface area contributed by atoms with Gasteiger partial charge >= 0.3 is 0 Å². The SMILES string of the molecule is COc1ccc([C@H](N)[C@H](O)C(C)(C)C)c(F)c1.Cl. The third-order valence-electron chi connectivity index (χ3n) is 2.79. The maximum absolute atomic E-state index is 13.8. The first-order valence-electron chi connectivity index (χ1n) is 5.54. The van der Waals surface area contributed by atoms with Crippen LogP contribution in [-0.2, 0) is 0 Å². The maximum Gasteiger partial charge on any atom is 0.131 e. The summed E-state index contributed by atoms with van der Waals surface area (Å²) in [4.78, 5) is 0. The summed E-state index contributed by atoms with van der Waals surface area (Å²) < 4.78 is 18.7. The molecule has 0 saturated carbocycles. The summed E-state index contributed by atoms with van der Waals surface area (Å²) in [5, 5.41) is 10.0. The number of halogens is 2. The Morgan fingerprint density at radius 3 is 2.28 bits per heavy atom. The fourth-order valence-electron chi connectivity index (χ4n) is 1.61. The van der Waals surface area contributed by atoms with E-state index in [0.717, 1.165) is 0 Å². The summed E-state index contributed by atoms with van der Waals surface area (Å²) in [5.41, 5.74) is 5.79. The van der Waals surface area contributed by atoms with Gasteiger partial charge in [0, 0.05) is 11.6 Å². The Morgan fingerprint density at radius 2 is 1.89 bits per heavy atom. The van der Waals surface area contributed by atoms with E-state index in [1.54, 1.807) is 12.1 Å². The summed E-state index contributed by atoms with van der Waals surface area (Å²) in [7, 11) is 1.47. The highest BCUT2D eigenvalue weighted by molar-refractivity contribution is 5.85. The number of nitrogens with two attached hydrogens (primary N) is 1. The smallest absolute Gasteiger partial charge is 0.131 e. The zero-order valence-electron chi connectivity index (χ0n) is 11.1. The topological polar surface area (TPSA) is 55.5 Å². The molecule has 0 aromatic heterocycles. The molecule has 0 spiro atoms. The van der Waals surface area contributed by atoms with Crippen LogP contribution in [0.25, 0.3) is 0 Å². The second kappa shape index (κ2) is 6.36. The Morgan fingerprint density at radius 1 is 1.33 bits per heavy atom. The molecule has 0 fully saturated rings. The molecule has 0 unspecified atom stereocenters. The number of rotatable bonds is 3. The number of hydrogen-bond donors (Lipinski definition) is 2. The van der Waals surface area contributed by atoms with E-state index in [0.29, 0.717) is 11.3 Å². The summed E-state index contributed by atoms with van der Waals surface area (Å²) in [6.07, 6.45) is -0.814. The van der Waals surface area contributed by atoms with Crippen molar-refractivity contribution < 1.29 is 14.2 Å². The second-order valence-electron chi connectivity index (χ2n) is 5.22. The molecule has 0 aliphatic carbocycles. The van der Waals surface area contributed by atoms with Gasteiger partial charge in [-0.2, -0.15) is 0 Å². The summed E-state index contributed by atoms with van der Waals surface area (Å²) in [5.74, 6) is -0.0242. The first-order valence-corrected chi connectivity index (χ1v) is 5.54. The van der Waals surface area contributed by atoms with Crippen LogP contribution in [0.4, 0.5) is 4.39 Å². The van der Waals surface area contributed by atoms with Crippen LogP contribution in [-0.4, -0.2) is 18.3 Å². The van der Waals surface area contributed by atoms with Crippen molar-refractivity contribution in [3.8, 4) is 5.75 Å². The van der Waals surface area contributed by atoms with Gasteiger partial charge in [0.1, 0.15) is 11.6 Å². The minimum absolute atomic E-state index is 0. The van der Waals surface area contributed by atoms with Crippen LogP contribution in [0.1, 0.15) is 32.4 Å². The van der Waals surface area contributed by atoms with Crippen LogP contribution in [0, 0.1) is 11.2 Å². The van der Waals surface area contributed by atoms with Gasteiger partial charge in [-0.3, -0.25) is 0 Å². The van der Waals surface area contributed by atoms with Crippen molar-refractivity contribution in [3.05, 3.63) is 29.6 Å². The predicted molar refractivity (Wildman–Crippen MR) is 72.6 cm³/mol. The molecule has 5 heteroatoms. The van der Waals surface area contributed by atoms with Gasteiger partial charge < -0.3 is 15.6 Å². The van der Waals surface area contributed by atoms with Crippen LogP contribution in [0.5, 0.6) is 5.75 Å². The Bertz CT molecular complexity index is 393. The Balaban J connectivity index is 0.00000289. The number of benzene rings is 1. The summed E-state index contributed by atoms with van der Waals surface area (Å²) >= 11 is 0. The number of aliphatic hydroxyl groups is 1. The molecular weight excluding hydrogens is 257 g/mol. The van der Waals surface area contributed by atoms with E-state index in [2.05, 4.69) is 0 Å². The third kappa shape index (κ3) is 3.83.